The minimum absolute atomic E-state index is 0.0736. The molecule has 2 aliphatic rings. The third kappa shape index (κ3) is 2.36. The quantitative estimate of drug-likeness (QED) is 0.834. The number of benzene rings is 1. The van der Waals surface area contributed by atoms with Gasteiger partial charge < -0.3 is 5.32 Å². The molecule has 0 aromatic heterocycles. The maximum Gasteiger partial charge on any atom is 0.268 e. The Kier molecular flexibility index (Phi) is 2.81. The van der Waals surface area contributed by atoms with Crippen LogP contribution in [0.1, 0.15) is 24.8 Å². The molecule has 1 aliphatic heterocycles. The van der Waals surface area contributed by atoms with Gasteiger partial charge in [0.15, 0.2) is 0 Å². The maximum absolute atomic E-state index is 11.9. The van der Waals surface area contributed by atoms with Gasteiger partial charge in [-0.25, -0.2) is 5.43 Å². The molecule has 0 bridgehead atoms. The molecule has 5 nitrogen and oxygen atoms in total. The fourth-order valence-corrected chi connectivity index (χ4v) is 2.35. The Bertz CT molecular complexity index is 547. The SMILES string of the molecule is O=C1CC(C(=O)NCC2(c3ccccc3)CC2)=NN1. The number of hydrogen-bond donors (Lipinski definition) is 2. The molecule has 1 aromatic carbocycles. The lowest BCUT2D eigenvalue weighted by Crippen LogP contribution is -2.36. The van der Waals surface area contributed by atoms with Crippen LogP contribution in [0.25, 0.3) is 0 Å². The van der Waals surface area contributed by atoms with E-state index in [1.165, 1.54) is 5.56 Å². The van der Waals surface area contributed by atoms with E-state index in [1.54, 1.807) is 0 Å². The molecule has 19 heavy (non-hydrogen) atoms. The Morgan fingerprint density at radius 1 is 1.32 bits per heavy atom. The molecule has 1 saturated carbocycles. The van der Waals surface area contributed by atoms with Gasteiger partial charge in [0.05, 0.1) is 6.42 Å². The highest BCUT2D eigenvalue weighted by atomic mass is 16.2. The van der Waals surface area contributed by atoms with Crippen molar-refractivity contribution in [3.8, 4) is 0 Å². The van der Waals surface area contributed by atoms with Crippen molar-refractivity contribution < 1.29 is 9.59 Å². The summed E-state index contributed by atoms with van der Waals surface area (Å²) in [4.78, 5) is 22.8. The number of hydrogen-bond acceptors (Lipinski definition) is 3. The predicted octanol–water partition coefficient (Wildman–Crippen LogP) is 0.710. The molecule has 0 spiro atoms. The Labute approximate surface area is 111 Å². The number of carbonyl (C=O) groups is 2. The topological polar surface area (TPSA) is 70.6 Å². The summed E-state index contributed by atoms with van der Waals surface area (Å²) in [6.07, 6.45) is 2.24. The van der Waals surface area contributed by atoms with Crippen molar-refractivity contribution in [1.82, 2.24) is 10.7 Å². The summed E-state index contributed by atoms with van der Waals surface area (Å²) >= 11 is 0. The van der Waals surface area contributed by atoms with Gasteiger partial charge in [0, 0.05) is 12.0 Å². The largest absolute Gasteiger partial charge is 0.350 e. The molecule has 1 aliphatic carbocycles. The van der Waals surface area contributed by atoms with E-state index in [4.69, 9.17) is 0 Å². The number of rotatable bonds is 4. The zero-order chi connectivity index (χ0) is 13.3. The number of nitrogens with zero attached hydrogens (tertiary/aromatic N) is 1. The van der Waals surface area contributed by atoms with E-state index in [-0.39, 0.29) is 29.4 Å². The van der Waals surface area contributed by atoms with Gasteiger partial charge in [0.25, 0.3) is 5.91 Å². The van der Waals surface area contributed by atoms with E-state index in [1.807, 2.05) is 18.2 Å². The fourth-order valence-electron chi connectivity index (χ4n) is 2.35. The highest BCUT2D eigenvalue weighted by molar-refractivity contribution is 6.43. The molecule has 2 N–H and O–H groups in total. The van der Waals surface area contributed by atoms with Crippen LogP contribution < -0.4 is 10.7 Å². The van der Waals surface area contributed by atoms with Crippen LogP contribution in [0.5, 0.6) is 0 Å². The lowest BCUT2D eigenvalue weighted by Gasteiger charge is -2.16. The molecule has 0 radical (unpaired) electrons. The van der Waals surface area contributed by atoms with Crippen LogP contribution in [0, 0.1) is 0 Å². The van der Waals surface area contributed by atoms with Crippen LogP contribution in [-0.2, 0) is 15.0 Å². The third-order valence-electron chi connectivity index (χ3n) is 3.73. The summed E-state index contributed by atoms with van der Waals surface area (Å²) < 4.78 is 0. The second-order valence-electron chi connectivity index (χ2n) is 5.10. The lowest BCUT2D eigenvalue weighted by molar-refractivity contribution is -0.120. The Morgan fingerprint density at radius 3 is 2.63 bits per heavy atom. The molecular weight excluding hydrogens is 242 g/mol. The van der Waals surface area contributed by atoms with Crippen molar-refractivity contribution in [2.45, 2.75) is 24.7 Å². The number of nitrogens with one attached hydrogen (secondary N) is 2. The van der Waals surface area contributed by atoms with Gasteiger partial charge in [-0.3, -0.25) is 9.59 Å². The van der Waals surface area contributed by atoms with Crippen LogP contribution in [-0.4, -0.2) is 24.1 Å². The van der Waals surface area contributed by atoms with Crippen LogP contribution in [0.2, 0.25) is 0 Å². The fraction of sp³-hybridized carbons (Fsp3) is 0.357. The maximum atomic E-state index is 11.9. The molecule has 1 aromatic rings. The first-order chi connectivity index (χ1) is 9.20. The normalized spacial score (nSPS) is 19.6. The van der Waals surface area contributed by atoms with Crippen LogP contribution >= 0.6 is 0 Å². The van der Waals surface area contributed by atoms with E-state index in [2.05, 4.69) is 28.0 Å². The first-order valence-corrected chi connectivity index (χ1v) is 6.39. The summed E-state index contributed by atoms with van der Waals surface area (Å²) in [5, 5.41) is 6.60. The summed E-state index contributed by atoms with van der Waals surface area (Å²) in [5.41, 5.74) is 3.89. The lowest BCUT2D eigenvalue weighted by atomic mass is 9.96. The van der Waals surface area contributed by atoms with Crippen molar-refractivity contribution >= 4 is 17.5 Å². The Morgan fingerprint density at radius 2 is 2.05 bits per heavy atom. The average molecular weight is 257 g/mol. The van der Waals surface area contributed by atoms with Crippen molar-refractivity contribution in [3.05, 3.63) is 35.9 Å². The standard InChI is InChI=1S/C14H15N3O2/c18-12-8-11(16-17-12)13(19)15-9-14(6-7-14)10-4-2-1-3-5-10/h1-5H,6-9H2,(H,15,19)(H,17,18). The van der Waals surface area contributed by atoms with Gasteiger partial charge in [-0.2, -0.15) is 5.10 Å². The molecule has 0 atom stereocenters. The van der Waals surface area contributed by atoms with E-state index < -0.39 is 0 Å². The first-order valence-electron chi connectivity index (χ1n) is 6.39. The van der Waals surface area contributed by atoms with E-state index >= 15 is 0 Å². The molecule has 98 valence electrons. The van der Waals surface area contributed by atoms with E-state index in [0.717, 1.165) is 12.8 Å². The highest BCUT2D eigenvalue weighted by Crippen LogP contribution is 2.47. The zero-order valence-corrected chi connectivity index (χ0v) is 10.5. The Balaban J connectivity index is 1.61. The van der Waals surface area contributed by atoms with Gasteiger partial charge in [-0.1, -0.05) is 30.3 Å². The molecule has 1 heterocycles. The molecule has 2 amide bonds. The number of amides is 2. The number of hydrazone groups is 1. The van der Waals surface area contributed by atoms with Crippen molar-refractivity contribution in [2.24, 2.45) is 5.10 Å². The molecular formula is C14H15N3O2. The first kappa shape index (κ1) is 11.9. The van der Waals surface area contributed by atoms with Crippen LogP contribution in [0.15, 0.2) is 35.4 Å². The van der Waals surface area contributed by atoms with Crippen molar-refractivity contribution in [1.29, 1.82) is 0 Å². The second kappa shape index (κ2) is 4.50. The highest BCUT2D eigenvalue weighted by Gasteiger charge is 2.44. The van der Waals surface area contributed by atoms with Gasteiger partial charge in [-0.15, -0.1) is 0 Å². The minimum Gasteiger partial charge on any atom is -0.350 e. The van der Waals surface area contributed by atoms with Crippen LogP contribution in [0.3, 0.4) is 0 Å². The molecule has 5 heteroatoms. The number of carbonyl (C=O) groups excluding carboxylic acids is 2. The second-order valence-corrected chi connectivity index (χ2v) is 5.10. The summed E-state index contributed by atoms with van der Waals surface area (Å²) in [6.45, 7) is 0.600. The molecule has 0 saturated heterocycles. The minimum atomic E-state index is -0.249. The van der Waals surface area contributed by atoms with Gasteiger partial charge in [0.2, 0.25) is 5.91 Å². The summed E-state index contributed by atoms with van der Waals surface area (Å²) in [5.74, 6) is -0.477. The average Bonchev–Trinajstić information content (AvgIpc) is 3.12. The van der Waals surface area contributed by atoms with E-state index in [0.29, 0.717) is 6.54 Å². The zero-order valence-electron chi connectivity index (χ0n) is 10.5. The van der Waals surface area contributed by atoms with E-state index in [9.17, 15) is 9.59 Å². The molecule has 1 fully saturated rings. The van der Waals surface area contributed by atoms with Crippen LogP contribution in [0.4, 0.5) is 0 Å². The summed E-state index contributed by atoms with van der Waals surface area (Å²) in [6, 6.07) is 10.2. The Hall–Kier alpha value is -2.17. The van der Waals surface area contributed by atoms with Gasteiger partial charge >= 0.3 is 0 Å². The molecule has 3 rings (SSSR count). The van der Waals surface area contributed by atoms with Gasteiger partial charge in [-0.05, 0) is 18.4 Å². The summed E-state index contributed by atoms with van der Waals surface area (Å²) in [7, 11) is 0. The van der Waals surface area contributed by atoms with Crippen molar-refractivity contribution in [2.75, 3.05) is 6.54 Å². The molecule has 0 unspecified atom stereocenters. The van der Waals surface area contributed by atoms with Gasteiger partial charge in [0.1, 0.15) is 5.71 Å². The third-order valence-corrected chi connectivity index (χ3v) is 3.73. The smallest absolute Gasteiger partial charge is 0.268 e. The predicted molar refractivity (Wildman–Crippen MR) is 70.6 cm³/mol. The van der Waals surface area contributed by atoms with Crippen molar-refractivity contribution in [3.63, 3.8) is 0 Å². The monoisotopic (exact) mass is 257 g/mol.